The largest absolute Gasteiger partial charge is 0.481 e. The van der Waals surface area contributed by atoms with Crippen LogP contribution in [0.2, 0.25) is 0 Å². The number of nitrogens with zero attached hydrogens (tertiary/aromatic N) is 1. The number of carbonyl (C=O) groups is 3. The molecule has 6 heteroatoms. The van der Waals surface area contributed by atoms with E-state index in [0.29, 0.717) is 12.6 Å². The van der Waals surface area contributed by atoms with Crippen LogP contribution in [0.3, 0.4) is 0 Å². The van der Waals surface area contributed by atoms with Gasteiger partial charge in [-0.05, 0) is 26.7 Å². The Bertz CT molecular complexity index is 415. The van der Waals surface area contributed by atoms with Crippen molar-refractivity contribution < 1.29 is 19.5 Å². The molecule has 6 nitrogen and oxygen atoms in total. The van der Waals surface area contributed by atoms with Crippen LogP contribution in [-0.4, -0.2) is 46.9 Å². The number of rotatable bonds is 5. The zero-order chi connectivity index (χ0) is 14.2. The Morgan fingerprint density at radius 2 is 2.05 bits per heavy atom. The second kappa shape index (κ2) is 4.83. The molecule has 1 saturated heterocycles. The third kappa shape index (κ3) is 3.05. The van der Waals surface area contributed by atoms with Crippen molar-refractivity contribution in [1.29, 1.82) is 0 Å². The number of carboxylic acids is 1. The quantitative estimate of drug-likeness (QED) is 0.747. The maximum atomic E-state index is 12.0. The van der Waals surface area contributed by atoms with Gasteiger partial charge in [-0.25, -0.2) is 0 Å². The minimum Gasteiger partial charge on any atom is -0.481 e. The minimum atomic E-state index is -0.992. The van der Waals surface area contributed by atoms with Crippen LogP contribution in [0.4, 0.5) is 0 Å². The average Bonchev–Trinajstić information content (AvgIpc) is 3.09. The summed E-state index contributed by atoms with van der Waals surface area (Å²) >= 11 is 0. The van der Waals surface area contributed by atoms with Crippen molar-refractivity contribution in [3.63, 3.8) is 0 Å². The van der Waals surface area contributed by atoms with E-state index in [2.05, 4.69) is 5.32 Å². The highest BCUT2D eigenvalue weighted by Gasteiger charge is 2.42. The van der Waals surface area contributed by atoms with Crippen LogP contribution in [0, 0.1) is 11.3 Å². The van der Waals surface area contributed by atoms with Gasteiger partial charge in [-0.15, -0.1) is 0 Å². The maximum Gasteiger partial charge on any atom is 0.310 e. The van der Waals surface area contributed by atoms with E-state index >= 15 is 0 Å². The molecule has 1 aliphatic carbocycles. The molecule has 1 aliphatic heterocycles. The lowest BCUT2D eigenvalue weighted by molar-refractivity contribution is -0.147. The predicted octanol–water partition coefficient (Wildman–Crippen LogP) is 0.224. The maximum absolute atomic E-state index is 12.0. The summed E-state index contributed by atoms with van der Waals surface area (Å²) in [6.07, 6.45) is 2.31. The zero-order valence-corrected chi connectivity index (χ0v) is 11.3. The van der Waals surface area contributed by atoms with Gasteiger partial charge in [0, 0.05) is 25.6 Å². The predicted molar refractivity (Wildman–Crippen MR) is 67.3 cm³/mol. The van der Waals surface area contributed by atoms with E-state index in [-0.39, 0.29) is 30.7 Å². The molecule has 1 heterocycles. The molecule has 1 saturated carbocycles. The molecule has 1 atom stereocenters. The van der Waals surface area contributed by atoms with Crippen LogP contribution in [0.5, 0.6) is 0 Å². The van der Waals surface area contributed by atoms with Gasteiger partial charge in [-0.1, -0.05) is 0 Å². The molecule has 2 amide bonds. The smallest absolute Gasteiger partial charge is 0.310 e. The molecule has 2 aliphatic rings. The molecular weight excluding hydrogens is 248 g/mol. The van der Waals surface area contributed by atoms with Crippen LogP contribution < -0.4 is 5.32 Å². The molecule has 2 rings (SSSR count). The van der Waals surface area contributed by atoms with E-state index in [4.69, 9.17) is 5.11 Å². The highest BCUT2D eigenvalue weighted by Crippen LogP contribution is 2.32. The number of nitrogens with one attached hydrogen (secondary N) is 1. The lowest BCUT2D eigenvalue weighted by atomic mass is 9.93. The van der Waals surface area contributed by atoms with Crippen molar-refractivity contribution in [3.05, 3.63) is 0 Å². The molecular formula is C13H20N2O4. The number of amides is 2. The molecule has 0 spiro atoms. The van der Waals surface area contributed by atoms with Gasteiger partial charge in [0.05, 0.1) is 11.3 Å². The first-order valence-electron chi connectivity index (χ1n) is 6.62. The van der Waals surface area contributed by atoms with Gasteiger partial charge in [0.1, 0.15) is 0 Å². The highest BCUT2D eigenvalue weighted by atomic mass is 16.4. The topological polar surface area (TPSA) is 86.7 Å². The normalized spacial score (nSPS) is 23.6. The Hall–Kier alpha value is -1.59. The van der Waals surface area contributed by atoms with Gasteiger partial charge in [0.15, 0.2) is 0 Å². The Balaban J connectivity index is 1.84. The van der Waals surface area contributed by atoms with E-state index < -0.39 is 11.4 Å². The van der Waals surface area contributed by atoms with E-state index in [9.17, 15) is 14.4 Å². The lowest BCUT2D eigenvalue weighted by Crippen LogP contribution is -2.42. The minimum absolute atomic E-state index is 0.0418. The fourth-order valence-electron chi connectivity index (χ4n) is 2.17. The standard InChI is InChI=1S/C13H20N2O4/c1-13(2,12(18)19)7-14-11(17)8-5-10(16)15(6-8)9-3-4-9/h8-9H,3-7H2,1-2H3,(H,14,17)(H,18,19). The van der Waals surface area contributed by atoms with Gasteiger partial charge in [0.2, 0.25) is 11.8 Å². The number of carbonyl (C=O) groups excluding carboxylic acids is 2. The summed E-state index contributed by atoms with van der Waals surface area (Å²) in [4.78, 5) is 36.4. The van der Waals surface area contributed by atoms with Gasteiger partial charge in [-0.2, -0.15) is 0 Å². The van der Waals surface area contributed by atoms with Crippen molar-refractivity contribution in [1.82, 2.24) is 10.2 Å². The van der Waals surface area contributed by atoms with Crippen LogP contribution in [0.25, 0.3) is 0 Å². The number of hydrogen-bond donors (Lipinski definition) is 2. The lowest BCUT2D eigenvalue weighted by Gasteiger charge is -2.21. The Morgan fingerprint density at radius 1 is 1.42 bits per heavy atom. The molecule has 106 valence electrons. The first kappa shape index (κ1) is 13.8. The average molecular weight is 268 g/mol. The summed E-state index contributed by atoms with van der Waals surface area (Å²) in [5.41, 5.74) is -0.992. The molecule has 19 heavy (non-hydrogen) atoms. The van der Waals surface area contributed by atoms with Crippen molar-refractivity contribution in [3.8, 4) is 0 Å². The first-order valence-corrected chi connectivity index (χ1v) is 6.62. The van der Waals surface area contributed by atoms with Crippen molar-refractivity contribution in [2.45, 2.75) is 39.2 Å². The van der Waals surface area contributed by atoms with Crippen molar-refractivity contribution in [2.24, 2.45) is 11.3 Å². The summed E-state index contributed by atoms with van der Waals surface area (Å²) in [6.45, 7) is 3.68. The molecule has 2 fully saturated rings. The van der Waals surface area contributed by atoms with Crippen LogP contribution in [-0.2, 0) is 14.4 Å². The number of likely N-dealkylation sites (tertiary alicyclic amines) is 1. The van der Waals surface area contributed by atoms with E-state index in [1.54, 1.807) is 18.7 Å². The second-order valence-corrected chi connectivity index (χ2v) is 6.09. The molecule has 2 N–H and O–H groups in total. The zero-order valence-electron chi connectivity index (χ0n) is 11.3. The first-order chi connectivity index (χ1) is 8.81. The number of carboxylic acid groups (broad SMARTS) is 1. The third-order valence-corrected chi connectivity index (χ3v) is 3.80. The number of aliphatic carboxylic acids is 1. The van der Waals surface area contributed by atoms with Crippen molar-refractivity contribution >= 4 is 17.8 Å². The van der Waals surface area contributed by atoms with Crippen LogP contribution in [0.15, 0.2) is 0 Å². The van der Waals surface area contributed by atoms with Crippen molar-refractivity contribution in [2.75, 3.05) is 13.1 Å². The summed E-state index contributed by atoms with van der Waals surface area (Å²) in [6, 6.07) is 0.334. The third-order valence-electron chi connectivity index (χ3n) is 3.80. The fourth-order valence-corrected chi connectivity index (χ4v) is 2.17. The summed E-state index contributed by atoms with van der Waals surface area (Å²) in [7, 11) is 0. The summed E-state index contributed by atoms with van der Waals surface area (Å²) in [5.74, 6) is -1.46. The molecule has 1 unspecified atom stereocenters. The van der Waals surface area contributed by atoms with Gasteiger partial charge in [0.25, 0.3) is 0 Å². The van der Waals surface area contributed by atoms with Crippen LogP contribution >= 0.6 is 0 Å². The summed E-state index contributed by atoms with van der Waals surface area (Å²) < 4.78 is 0. The molecule has 0 aromatic heterocycles. The van der Waals surface area contributed by atoms with E-state index in [1.165, 1.54) is 0 Å². The molecule has 0 aromatic carbocycles. The Morgan fingerprint density at radius 3 is 2.58 bits per heavy atom. The van der Waals surface area contributed by atoms with E-state index in [0.717, 1.165) is 12.8 Å². The molecule has 0 bridgehead atoms. The van der Waals surface area contributed by atoms with Crippen LogP contribution in [0.1, 0.15) is 33.1 Å². The van der Waals surface area contributed by atoms with Gasteiger partial charge < -0.3 is 15.3 Å². The monoisotopic (exact) mass is 268 g/mol. The Labute approximate surface area is 112 Å². The van der Waals surface area contributed by atoms with E-state index in [1.807, 2.05) is 0 Å². The number of hydrogen-bond acceptors (Lipinski definition) is 3. The molecule has 0 radical (unpaired) electrons. The van der Waals surface area contributed by atoms with Gasteiger partial charge in [-0.3, -0.25) is 14.4 Å². The Kier molecular flexibility index (Phi) is 3.52. The SMILES string of the molecule is CC(C)(CNC(=O)C1CC(=O)N(C2CC2)C1)C(=O)O. The second-order valence-electron chi connectivity index (χ2n) is 6.09. The highest BCUT2D eigenvalue weighted by molar-refractivity contribution is 5.89. The molecule has 0 aromatic rings. The van der Waals surface area contributed by atoms with Gasteiger partial charge >= 0.3 is 5.97 Å². The summed E-state index contributed by atoms with van der Waals surface area (Å²) in [5, 5.41) is 11.6. The fraction of sp³-hybridized carbons (Fsp3) is 0.769.